The van der Waals surface area contributed by atoms with Crippen LogP contribution in [0.4, 0.5) is 0 Å². The van der Waals surface area contributed by atoms with E-state index in [-0.39, 0.29) is 11.8 Å². The average molecular weight is 252 g/mol. The highest BCUT2D eigenvalue weighted by atomic mass is 79.9. The molecule has 0 saturated carbocycles. The summed E-state index contributed by atoms with van der Waals surface area (Å²) in [6.07, 6.45) is 2.08. The molecule has 1 N–H and O–H groups in total. The van der Waals surface area contributed by atoms with E-state index < -0.39 is 0 Å². The summed E-state index contributed by atoms with van der Waals surface area (Å²) in [7, 11) is 0. The van der Waals surface area contributed by atoms with Crippen LogP contribution in [0.15, 0.2) is 0 Å². The van der Waals surface area contributed by atoms with Crippen LogP contribution in [0.3, 0.4) is 0 Å². The summed E-state index contributed by atoms with van der Waals surface area (Å²) >= 11 is 5.21. The molecule has 1 saturated heterocycles. The molecule has 0 bridgehead atoms. The van der Waals surface area contributed by atoms with Crippen LogP contribution >= 0.6 is 27.7 Å². The van der Waals surface area contributed by atoms with Crippen molar-refractivity contribution in [2.45, 2.75) is 12.8 Å². The van der Waals surface area contributed by atoms with Crippen molar-refractivity contribution >= 4 is 33.6 Å². The summed E-state index contributed by atoms with van der Waals surface area (Å²) in [5.41, 5.74) is 0. The first-order valence-corrected chi connectivity index (χ1v) is 6.53. The first-order chi connectivity index (χ1) is 5.84. The Bertz CT molecular complexity index is 148. The number of halogens is 1. The van der Waals surface area contributed by atoms with Crippen molar-refractivity contribution in [2.75, 3.05) is 23.4 Å². The minimum absolute atomic E-state index is 0.251. The molecule has 0 aromatic rings. The molecule has 70 valence electrons. The quantitative estimate of drug-likeness (QED) is 0.608. The molecule has 0 aromatic heterocycles. The van der Waals surface area contributed by atoms with Crippen molar-refractivity contribution < 1.29 is 4.79 Å². The van der Waals surface area contributed by atoms with Crippen molar-refractivity contribution in [3.63, 3.8) is 0 Å². The molecule has 1 fully saturated rings. The summed E-state index contributed by atoms with van der Waals surface area (Å²) in [4.78, 5) is 11.4. The maximum atomic E-state index is 11.4. The van der Waals surface area contributed by atoms with E-state index in [0.717, 1.165) is 36.2 Å². The SMILES string of the molecule is O=C(NCCCBr)C1CCSC1. The monoisotopic (exact) mass is 251 g/mol. The largest absolute Gasteiger partial charge is 0.356 e. The van der Waals surface area contributed by atoms with Gasteiger partial charge in [0.15, 0.2) is 0 Å². The number of carbonyl (C=O) groups is 1. The topological polar surface area (TPSA) is 29.1 Å². The van der Waals surface area contributed by atoms with Crippen molar-refractivity contribution in [1.29, 1.82) is 0 Å². The predicted molar refractivity (Wildman–Crippen MR) is 56.9 cm³/mol. The Balaban J connectivity index is 2.10. The van der Waals surface area contributed by atoms with Gasteiger partial charge in [0.25, 0.3) is 0 Å². The van der Waals surface area contributed by atoms with Crippen LogP contribution in [-0.4, -0.2) is 29.3 Å². The van der Waals surface area contributed by atoms with Gasteiger partial charge in [-0.3, -0.25) is 4.79 Å². The van der Waals surface area contributed by atoms with Crippen molar-refractivity contribution in [2.24, 2.45) is 5.92 Å². The molecule has 1 atom stereocenters. The Hall–Kier alpha value is 0.300. The molecule has 1 aliphatic heterocycles. The number of hydrogen-bond donors (Lipinski definition) is 1. The summed E-state index contributed by atoms with van der Waals surface area (Å²) in [6, 6.07) is 0. The number of rotatable bonds is 4. The Labute approximate surface area is 86.0 Å². The third-order valence-corrected chi connectivity index (χ3v) is 3.63. The predicted octanol–water partition coefficient (Wildman–Crippen LogP) is 1.64. The van der Waals surface area contributed by atoms with Crippen molar-refractivity contribution in [3.05, 3.63) is 0 Å². The minimum atomic E-state index is 0.251. The van der Waals surface area contributed by atoms with Gasteiger partial charge in [0.1, 0.15) is 0 Å². The number of amides is 1. The zero-order valence-electron chi connectivity index (χ0n) is 7.01. The highest BCUT2D eigenvalue weighted by molar-refractivity contribution is 9.09. The molecular weight excluding hydrogens is 238 g/mol. The Morgan fingerprint density at radius 2 is 2.50 bits per heavy atom. The van der Waals surface area contributed by atoms with E-state index in [0.29, 0.717) is 0 Å². The average Bonchev–Trinajstić information content (AvgIpc) is 2.56. The van der Waals surface area contributed by atoms with Crippen LogP contribution in [0.2, 0.25) is 0 Å². The molecule has 0 aromatic carbocycles. The van der Waals surface area contributed by atoms with Gasteiger partial charge >= 0.3 is 0 Å². The molecule has 1 heterocycles. The first kappa shape index (κ1) is 10.4. The van der Waals surface area contributed by atoms with Crippen molar-refractivity contribution in [3.8, 4) is 0 Å². The lowest BCUT2D eigenvalue weighted by molar-refractivity contribution is -0.124. The minimum Gasteiger partial charge on any atom is -0.356 e. The molecule has 1 aliphatic rings. The molecule has 1 unspecified atom stereocenters. The van der Waals surface area contributed by atoms with Gasteiger partial charge in [-0.1, -0.05) is 15.9 Å². The van der Waals surface area contributed by atoms with Crippen LogP contribution in [0.1, 0.15) is 12.8 Å². The van der Waals surface area contributed by atoms with Gasteiger partial charge in [-0.25, -0.2) is 0 Å². The molecule has 0 aliphatic carbocycles. The lowest BCUT2D eigenvalue weighted by atomic mass is 10.1. The fourth-order valence-electron chi connectivity index (χ4n) is 1.16. The van der Waals surface area contributed by atoms with E-state index in [1.165, 1.54) is 0 Å². The lowest BCUT2D eigenvalue weighted by Gasteiger charge is -2.08. The zero-order chi connectivity index (χ0) is 8.81. The van der Waals surface area contributed by atoms with Gasteiger partial charge in [-0.05, 0) is 18.6 Å². The maximum absolute atomic E-state index is 11.4. The Morgan fingerprint density at radius 3 is 3.08 bits per heavy atom. The smallest absolute Gasteiger partial charge is 0.223 e. The van der Waals surface area contributed by atoms with Crippen LogP contribution in [0.5, 0.6) is 0 Å². The van der Waals surface area contributed by atoms with E-state index in [1.807, 2.05) is 11.8 Å². The fraction of sp³-hybridized carbons (Fsp3) is 0.875. The molecule has 0 spiro atoms. The van der Waals surface area contributed by atoms with Gasteiger partial charge in [-0.2, -0.15) is 11.8 Å². The van der Waals surface area contributed by atoms with Gasteiger partial charge < -0.3 is 5.32 Å². The number of carbonyl (C=O) groups excluding carboxylic acids is 1. The van der Waals surface area contributed by atoms with E-state index in [4.69, 9.17) is 0 Å². The van der Waals surface area contributed by atoms with Crippen LogP contribution < -0.4 is 5.32 Å². The zero-order valence-corrected chi connectivity index (χ0v) is 9.42. The number of hydrogen-bond acceptors (Lipinski definition) is 2. The fourth-order valence-corrected chi connectivity index (χ4v) is 2.66. The Morgan fingerprint density at radius 1 is 1.67 bits per heavy atom. The standard InChI is InChI=1S/C8H14BrNOS/c9-3-1-4-10-8(11)7-2-5-12-6-7/h7H,1-6H2,(H,10,11). The second kappa shape index (κ2) is 5.86. The molecule has 0 radical (unpaired) electrons. The third-order valence-electron chi connectivity index (χ3n) is 1.91. The molecule has 2 nitrogen and oxygen atoms in total. The van der Waals surface area contributed by atoms with Crippen LogP contribution in [0, 0.1) is 5.92 Å². The lowest BCUT2D eigenvalue weighted by Crippen LogP contribution is -2.31. The molecule has 1 rings (SSSR count). The van der Waals surface area contributed by atoms with Crippen LogP contribution in [0.25, 0.3) is 0 Å². The van der Waals surface area contributed by atoms with E-state index >= 15 is 0 Å². The molecule has 1 amide bonds. The number of alkyl halides is 1. The van der Waals surface area contributed by atoms with Gasteiger partial charge in [-0.15, -0.1) is 0 Å². The van der Waals surface area contributed by atoms with E-state index in [1.54, 1.807) is 0 Å². The summed E-state index contributed by atoms with van der Waals surface area (Å²) in [5, 5.41) is 3.91. The molecular formula is C8H14BrNOS. The van der Waals surface area contributed by atoms with E-state index in [2.05, 4.69) is 21.2 Å². The number of nitrogens with one attached hydrogen (secondary N) is 1. The summed E-state index contributed by atoms with van der Waals surface area (Å²) in [5.74, 6) is 2.70. The van der Waals surface area contributed by atoms with Gasteiger partial charge in [0.2, 0.25) is 5.91 Å². The second-order valence-corrected chi connectivity index (χ2v) is 4.84. The summed E-state index contributed by atoms with van der Waals surface area (Å²) < 4.78 is 0. The Kier molecular flexibility index (Phi) is 5.07. The van der Waals surface area contributed by atoms with Crippen LogP contribution in [-0.2, 0) is 4.79 Å². The highest BCUT2D eigenvalue weighted by Gasteiger charge is 2.22. The third kappa shape index (κ3) is 3.35. The second-order valence-electron chi connectivity index (χ2n) is 2.89. The highest BCUT2D eigenvalue weighted by Crippen LogP contribution is 2.23. The normalized spacial score (nSPS) is 22.6. The maximum Gasteiger partial charge on any atom is 0.223 e. The van der Waals surface area contributed by atoms with E-state index in [9.17, 15) is 4.79 Å². The van der Waals surface area contributed by atoms with Crippen molar-refractivity contribution in [1.82, 2.24) is 5.32 Å². The molecule has 12 heavy (non-hydrogen) atoms. The number of thioether (sulfide) groups is 1. The first-order valence-electron chi connectivity index (χ1n) is 4.26. The van der Waals surface area contributed by atoms with Gasteiger partial charge in [0, 0.05) is 23.5 Å². The van der Waals surface area contributed by atoms with Gasteiger partial charge in [0.05, 0.1) is 0 Å². The molecule has 4 heteroatoms. The summed E-state index contributed by atoms with van der Waals surface area (Å²) in [6.45, 7) is 0.811.